The Morgan fingerprint density at radius 1 is 1.13 bits per heavy atom. The molecule has 8 nitrogen and oxygen atoms in total. The summed E-state index contributed by atoms with van der Waals surface area (Å²) in [5, 5.41) is 9.05. The summed E-state index contributed by atoms with van der Waals surface area (Å²) in [6.07, 6.45) is 0. The molecule has 0 spiro atoms. The van der Waals surface area contributed by atoms with Crippen LogP contribution >= 0.6 is 0 Å². The van der Waals surface area contributed by atoms with Gasteiger partial charge in [-0.3, -0.25) is 9.89 Å². The van der Waals surface area contributed by atoms with Crippen LogP contribution in [0.25, 0.3) is 0 Å². The average Bonchev–Trinajstić information content (AvgIpc) is 2.96. The maximum atomic E-state index is 12.0. The monoisotopic (exact) mass is 319 g/mol. The molecule has 23 heavy (non-hydrogen) atoms. The number of aromatic amines is 1. The molecule has 0 saturated heterocycles. The highest BCUT2D eigenvalue weighted by atomic mass is 16.5. The summed E-state index contributed by atoms with van der Waals surface area (Å²) in [5.74, 6) is 0.127. The first-order chi connectivity index (χ1) is 11.0. The molecular formula is C15H17N3O5. The number of hydrogen-bond acceptors (Lipinski definition) is 6. The average molecular weight is 319 g/mol. The largest absolute Gasteiger partial charge is 0.497 e. The molecule has 8 heteroatoms. The first kappa shape index (κ1) is 16.3. The van der Waals surface area contributed by atoms with Crippen molar-refractivity contribution < 1.29 is 23.8 Å². The van der Waals surface area contributed by atoms with Gasteiger partial charge in [0.2, 0.25) is 0 Å². The van der Waals surface area contributed by atoms with Gasteiger partial charge in [0.05, 0.1) is 19.8 Å². The Bertz CT molecular complexity index is 689. The molecule has 0 bridgehead atoms. The second-order valence-electron chi connectivity index (χ2n) is 4.66. The van der Waals surface area contributed by atoms with Crippen molar-refractivity contribution in [2.45, 2.75) is 6.92 Å². The van der Waals surface area contributed by atoms with E-state index in [1.807, 2.05) is 0 Å². The van der Waals surface area contributed by atoms with E-state index in [0.29, 0.717) is 17.3 Å². The van der Waals surface area contributed by atoms with Crippen LogP contribution in [0, 0.1) is 6.92 Å². The van der Waals surface area contributed by atoms with Crippen molar-refractivity contribution in [2.75, 3.05) is 26.1 Å². The highest BCUT2D eigenvalue weighted by Crippen LogP contribution is 2.22. The predicted octanol–water partition coefficient (Wildman–Crippen LogP) is 1.53. The molecule has 0 fully saturated rings. The third-order valence-corrected chi connectivity index (χ3v) is 2.89. The number of nitrogens with zero attached hydrogens (tertiary/aromatic N) is 1. The van der Waals surface area contributed by atoms with Crippen LogP contribution in [-0.4, -0.2) is 42.9 Å². The molecular weight excluding hydrogens is 302 g/mol. The maximum Gasteiger partial charge on any atom is 0.338 e. The summed E-state index contributed by atoms with van der Waals surface area (Å²) < 4.78 is 15.1. The van der Waals surface area contributed by atoms with E-state index in [1.54, 1.807) is 19.1 Å². The molecule has 2 rings (SSSR count). The minimum atomic E-state index is -0.657. The Labute approximate surface area is 132 Å². The van der Waals surface area contributed by atoms with Gasteiger partial charge in [0.1, 0.15) is 11.5 Å². The number of anilines is 1. The lowest BCUT2D eigenvalue weighted by atomic mass is 10.2. The zero-order valence-corrected chi connectivity index (χ0v) is 13.0. The smallest absolute Gasteiger partial charge is 0.338 e. The summed E-state index contributed by atoms with van der Waals surface area (Å²) in [6, 6.07) is 6.29. The van der Waals surface area contributed by atoms with Gasteiger partial charge in [-0.15, -0.1) is 0 Å². The van der Waals surface area contributed by atoms with E-state index in [4.69, 9.17) is 14.2 Å². The second kappa shape index (κ2) is 7.30. The molecule has 122 valence electrons. The highest BCUT2D eigenvalue weighted by molar-refractivity contribution is 5.95. The van der Waals surface area contributed by atoms with Crippen LogP contribution in [0.1, 0.15) is 16.1 Å². The number of esters is 1. The minimum absolute atomic E-state index is 0.226. The number of rotatable bonds is 6. The molecule has 2 N–H and O–H groups in total. The van der Waals surface area contributed by atoms with Gasteiger partial charge in [0.25, 0.3) is 5.91 Å². The van der Waals surface area contributed by atoms with Crippen molar-refractivity contribution >= 4 is 17.7 Å². The number of hydrogen-bond donors (Lipinski definition) is 2. The number of H-pyrrole nitrogens is 1. The predicted molar refractivity (Wildman–Crippen MR) is 81.8 cm³/mol. The number of nitrogens with one attached hydrogen (secondary N) is 2. The van der Waals surface area contributed by atoms with E-state index in [9.17, 15) is 9.59 Å². The third-order valence-electron chi connectivity index (χ3n) is 2.89. The number of carbonyl (C=O) groups is 2. The second-order valence-corrected chi connectivity index (χ2v) is 4.66. The molecule has 0 radical (unpaired) electrons. The molecule has 1 amide bonds. The summed E-state index contributed by atoms with van der Waals surface area (Å²) in [7, 11) is 2.95. The maximum absolute atomic E-state index is 12.0. The fraction of sp³-hybridized carbons (Fsp3) is 0.267. The Hall–Kier alpha value is -3.03. The Morgan fingerprint density at radius 2 is 1.78 bits per heavy atom. The summed E-state index contributed by atoms with van der Waals surface area (Å²) >= 11 is 0. The number of benzene rings is 1. The van der Waals surface area contributed by atoms with Gasteiger partial charge in [0, 0.05) is 17.8 Å². The summed E-state index contributed by atoms with van der Waals surface area (Å²) in [4.78, 5) is 23.7. The lowest BCUT2D eigenvalue weighted by molar-refractivity contribution is -0.119. The van der Waals surface area contributed by atoms with E-state index < -0.39 is 18.5 Å². The van der Waals surface area contributed by atoms with E-state index in [0.717, 1.165) is 5.69 Å². The fourth-order valence-electron chi connectivity index (χ4n) is 1.80. The van der Waals surface area contributed by atoms with Crippen LogP contribution in [0.4, 0.5) is 5.82 Å². The van der Waals surface area contributed by atoms with Gasteiger partial charge in [0.15, 0.2) is 12.4 Å². The number of carbonyl (C=O) groups excluding carboxylic acids is 2. The number of aryl methyl sites for hydroxylation is 1. The number of amides is 1. The van der Waals surface area contributed by atoms with E-state index in [-0.39, 0.29) is 5.56 Å². The molecule has 0 aliphatic carbocycles. The minimum Gasteiger partial charge on any atom is -0.497 e. The number of aromatic nitrogens is 2. The molecule has 1 heterocycles. The zero-order chi connectivity index (χ0) is 16.8. The van der Waals surface area contributed by atoms with Crippen LogP contribution in [0.3, 0.4) is 0 Å². The Morgan fingerprint density at radius 3 is 2.30 bits per heavy atom. The van der Waals surface area contributed by atoms with Crippen LogP contribution in [0.5, 0.6) is 11.5 Å². The quantitative estimate of drug-likeness (QED) is 0.783. The van der Waals surface area contributed by atoms with Crippen molar-refractivity contribution in [3.63, 3.8) is 0 Å². The van der Waals surface area contributed by atoms with Crippen LogP contribution in [-0.2, 0) is 9.53 Å². The van der Waals surface area contributed by atoms with Gasteiger partial charge in [-0.25, -0.2) is 4.79 Å². The molecule has 0 saturated carbocycles. The molecule has 0 aliphatic heterocycles. The van der Waals surface area contributed by atoms with Crippen molar-refractivity contribution in [1.82, 2.24) is 10.2 Å². The summed E-state index contributed by atoms with van der Waals surface area (Å²) in [6.45, 7) is 1.38. The van der Waals surface area contributed by atoms with Gasteiger partial charge < -0.3 is 19.5 Å². The first-order valence-electron chi connectivity index (χ1n) is 6.74. The van der Waals surface area contributed by atoms with Gasteiger partial charge in [-0.05, 0) is 19.1 Å². The number of ether oxygens (including phenoxy) is 3. The van der Waals surface area contributed by atoms with Gasteiger partial charge in [-0.2, -0.15) is 5.10 Å². The molecule has 0 aliphatic rings. The highest BCUT2D eigenvalue weighted by Gasteiger charge is 2.14. The SMILES string of the molecule is COc1cc(OC)cc(C(=O)OCC(=O)Nc2cc(C)[nH]n2)c1. The van der Waals surface area contributed by atoms with E-state index >= 15 is 0 Å². The first-order valence-corrected chi connectivity index (χ1v) is 6.74. The van der Waals surface area contributed by atoms with Gasteiger partial charge >= 0.3 is 5.97 Å². The molecule has 0 unspecified atom stereocenters. The fourth-order valence-corrected chi connectivity index (χ4v) is 1.80. The lowest BCUT2D eigenvalue weighted by Crippen LogP contribution is -2.21. The van der Waals surface area contributed by atoms with Crippen molar-refractivity contribution in [1.29, 1.82) is 0 Å². The van der Waals surface area contributed by atoms with Crippen LogP contribution in [0.2, 0.25) is 0 Å². The molecule has 1 aromatic carbocycles. The molecule has 0 atom stereocenters. The topological polar surface area (TPSA) is 103 Å². The van der Waals surface area contributed by atoms with E-state index in [2.05, 4.69) is 15.5 Å². The van der Waals surface area contributed by atoms with Crippen LogP contribution in [0.15, 0.2) is 24.3 Å². The third kappa shape index (κ3) is 4.47. The Balaban J connectivity index is 1.95. The van der Waals surface area contributed by atoms with E-state index in [1.165, 1.54) is 26.4 Å². The molecule has 2 aromatic rings. The van der Waals surface area contributed by atoms with Crippen molar-refractivity contribution in [3.8, 4) is 11.5 Å². The van der Waals surface area contributed by atoms with Crippen LogP contribution < -0.4 is 14.8 Å². The Kier molecular flexibility index (Phi) is 5.19. The lowest BCUT2D eigenvalue weighted by Gasteiger charge is -2.08. The normalized spacial score (nSPS) is 10.0. The zero-order valence-electron chi connectivity index (χ0n) is 13.0. The van der Waals surface area contributed by atoms with Crippen molar-refractivity contribution in [2.24, 2.45) is 0 Å². The van der Waals surface area contributed by atoms with Crippen molar-refractivity contribution in [3.05, 3.63) is 35.5 Å². The summed E-state index contributed by atoms with van der Waals surface area (Å²) in [5.41, 5.74) is 1.03. The molecule has 1 aromatic heterocycles. The van der Waals surface area contributed by atoms with Gasteiger partial charge in [-0.1, -0.05) is 0 Å². The number of methoxy groups -OCH3 is 2. The standard InChI is InChI=1S/C15H17N3O5/c1-9-4-13(18-17-9)16-14(19)8-23-15(20)10-5-11(21-2)7-12(6-10)22-3/h4-7H,8H2,1-3H3,(H2,16,17,18,19).